The molecule has 1 aromatic carbocycles. The topological polar surface area (TPSA) is 41.5 Å². The number of halogens is 1. The van der Waals surface area contributed by atoms with E-state index in [-0.39, 0.29) is 5.91 Å². The average Bonchev–Trinajstić information content (AvgIpc) is 2.18. The largest absolute Gasteiger partial charge is 0.271 e. The molecule has 0 saturated heterocycles. The Kier molecular flexibility index (Phi) is 4.13. The van der Waals surface area contributed by atoms with Gasteiger partial charge in [0.25, 0.3) is 5.91 Å². The molecule has 0 spiro atoms. The average molecular weight is 211 g/mol. The number of hydrogen-bond donors (Lipinski definition) is 1. The van der Waals surface area contributed by atoms with E-state index in [0.717, 1.165) is 6.42 Å². The van der Waals surface area contributed by atoms with Crippen LogP contribution in [0.4, 0.5) is 0 Å². The molecular formula is C10H11ClN2O. The second-order valence-electron chi connectivity index (χ2n) is 2.67. The Morgan fingerprint density at radius 3 is 3.07 bits per heavy atom. The summed E-state index contributed by atoms with van der Waals surface area (Å²) in [7, 11) is 0. The monoisotopic (exact) mass is 210 g/mol. The molecule has 0 aliphatic carbocycles. The highest BCUT2D eigenvalue weighted by atomic mass is 35.5. The summed E-state index contributed by atoms with van der Waals surface area (Å²) in [6.45, 7) is 1.94. The van der Waals surface area contributed by atoms with E-state index >= 15 is 0 Å². The van der Waals surface area contributed by atoms with Crippen LogP contribution in [0.15, 0.2) is 29.4 Å². The third-order valence-corrected chi connectivity index (χ3v) is 1.76. The summed E-state index contributed by atoms with van der Waals surface area (Å²) < 4.78 is 0. The zero-order valence-electron chi connectivity index (χ0n) is 7.83. The number of rotatable bonds is 3. The number of nitrogens with zero attached hydrogens (tertiary/aromatic N) is 1. The predicted molar refractivity (Wildman–Crippen MR) is 57.7 cm³/mol. The summed E-state index contributed by atoms with van der Waals surface area (Å²) in [5.74, 6) is -0.253. The molecule has 0 radical (unpaired) electrons. The summed E-state index contributed by atoms with van der Waals surface area (Å²) in [4.78, 5) is 11.4. The molecule has 0 aliphatic heterocycles. The minimum Gasteiger partial charge on any atom is -0.267 e. The fraction of sp³-hybridized carbons (Fsp3) is 0.200. The first-order chi connectivity index (χ1) is 6.74. The lowest BCUT2D eigenvalue weighted by molar-refractivity contribution is 0.0955. The summed E-state index contributed by atoms with van der Waals surface area (Å²) in [6.07, 6.45) is 2.41. The fourth-order valence-corrected chi connectivity index (χ4v) is 1.08. The van der Waals surface area contributed by atoms with Crippen LogP contribution in [-0.4, -0.2) is 12.1 Å². The van der Waals surface area contributed by atoms with Gasteiger partial charge in [0.1, 0.15) is 0 Å². The highest BCUT2D eigenvalue weighted by Gasteiger charge is 2.03. The van der Waals surface area contributed by atoms with E-state index in [2.05, 4.69) is 10.5 Å². The van der Waals surface area contributed by atoms with Gasteiger partial charge in [-0.25, -0.2) is 5.43 Å². The maximum Gasteiger partial charge on any atom is 0.271 e. The summed E-state index contributed by atoms with van der Waals surface area (Å²) >= 11 is 5.73. The van der Waals surface area contributed by atoms with E-state index in [9.17, 15) is 4.79 Å². The number of benzene rings is 1. The van der Waals surface area contributed by atoms with Crippen LogP contribution in [0.3, 0.4) is 0 Å². The summed E-state index contributed by atoms with van der Waals surface area (Å²) in [5, 5.41) is 4.27. The SMILES string of the molecule is CCC=NNC(=O)c1cccc(Cl)c1. The van der Waals surface area contributed by atoms with E-state index in [1.165, 1.54) is 0 Å². The van der Waals surface area contributed by atoms with Gasteiger partial charge in [0.05, 0.1) is 0 Å². The molecule has 3 nitrogen and oxygen atoms in total. The molecule has 0 heterocycles. The molecule has 0 aliphatic rings. The maximum absolute atomic E-state index is 11.4. The number of hydrogen-bond acceptors (Lipinski definition) is 2. The van der Waals surface area contributed by atoms with Crippen molar-refractivity contribution in [2.45, 2.75) is 13.3 Å². The van der Waals surface area contributed by atoms with Gasteiger partial charge in [-0.1, -0.05) is 24.6 Å². The lowest BCUT2D eigenvalue weighted by atomic mass is 10.2. The van der Waals surface area contributed by atoms with Gasteiger partial charge in [-0.2, -0.15) is 5.10 Å². The summed E-state index contributed by atoms with van der Waals surface area (Å²) in [5.41, 5.74) is 2.90. The molecule has 0 bridgehead atoms. The molecule has 4 heteroatoms. The van der Waals surface area contributed by atoms with Crippen LogP contribution < -0.4 is 5.43 Å². The number of hydrazone groups is 1. The third kappa shape index (κ3) is 3.18. The Morgan fingerprint density at radius 1 is 1.64 bits per heavy atom. The molecule has 1 rings (SSSR count). The van der Waals surface area contributed by atoms with Crippen LogP contribution in [0.1, 0.15) is 23.7 Å². The number of carbonyl (C=O) groups excluding carboxylic acids is 1. The van der Waals surface area contributed by atoms with Crippen molar-refractivity contribution in [2.24, 2.45) is 5.10 Å². The fourth-order valence-electron chi connectivity index (χ4n) is 0.890. The quantitative estimate of drug-likeness (QED) is 0.604. The molecule has 0 aromatic heterocycles. The van der Waals surface area contributed by atoms with Crippen molar-refractivity contribution in [3.63, 3.8) is 0 Å². The summed E-state index contributed by atoms with van der Waals surface area (Å²) in [6, 6.07) is 6.72. The van der Waals surface area contributed by atoms with Gasteiger partial charge < -0.3 is 0 Å². The second kappa shape index (κ2) is 5.40. The van der Waals surface area contributed by atoms with Crippen molar-refractivity contribution in [3.05, 3.63) is 34.9 Å². The normalized spacial score (nSPS) is 10.4. The number of nitrogens with one attached hydrogen (secondary N) is 1. The molecule has 0 fully saturated rings. The molecule has 1 aromatic rings. The molecule has 74 valence electrons. The standard InChI is InChI=1S/C10H11ClN2O/c1-2-6-12-13-10(14)8-4-3-5-9(11)7-8/h3-7H,2H2,1H3,(H,13,14). The van der Waals surface area contributed by atoms with Crippen LogP contribution in [0.2, 0.25) is 5.02 Å². The van der Waals surface area contributed by atoms with Crippen molar-refractivity contribution in [1.82, 2.24) is 5.43 Å². The van der Waals surface area contributed by atoms with Gasteiger partial charge >= 0.3 is 0 Å². The van der Waals surface area contributed by atoms with Gasteiger partial charge in [-0.15, -0.1) is 0 Å². The Labute approximate surface area is 87.8 Å². The zero-order chi connectivity index (χ0) is 10.4. The van der Waals surface area contributed by atoms with Gasteiger partial charge in [0, 0.05) is 16.8 Å². The van der Waals surface area contributed by atoms with Crippen molar-refractivity contribution >= 4 is 23.7 Å². The van der Waals surface area contributed by atoms with Crippen LogP contribution in [-0.2, 0) is 0 Å². The van der Waals surface area contributed by atoms with Crippen LogP contribution in [0.25, 0.3) is 0 Å². The van der Waals surface area contributed by atoms with E-state index in [1.54, 1.807) is 30.5 Å². The number of carbonyl (C=O) groups is 1. The highest BCUT2D eigenvalue weighted by Crippen LogP contribution is 2.10. The van der Waals surface area contributed by atoms with E-state index in [4.69, 9.17) is 11.6 Å². The van der Waals surface area contributed by atoms with Crippen LogP contribution in [0, 0.1) is 0 Å². The zero-order valence-corrected chi connectivity index (χ0v) is 8.58. The third-order valence-electron chi connectivity index (χ3n) is 1.53. The van der Waals surface area contributed by atoms with Crippen molar-refractivity contribution < 1.29 is 4.79 Å². The first-order valence-corrected chi connectivity index (χ1v) is 4.69. The Balaban J connectivity index is 2.65. The predicted octanol–water partition coefficient (Wildman–Crippen LogP) is 2.47. The minimum atomic E-state index is -0.253. The molecule has 1 N–H and O–H groups in total. The van der Waals surface area contributed by atoms with Crippen molar-refractivity contribution in [1.29, 1.82) is 0 Å². The van der Waals surface area contributed by atoms with Gasteiger partial charge in [0.2, 0.25) is 0 Å². The first-order valence-electron chi connectivity index (χ1n) is 4.31. The van der Waals surface area contributed by atoms with Gasteiger partial charge in [-0.05, 0) is 24.6 Å². The van der Waals surface area contributed by atoms with Gasteiger partial charge in [0.15, 0.2) is 0 Å². The first kappa shape index (κ1) is 10.7. The Morgan fingerprint density at radius 2 is 2.43 bits per heavy atom. The maximum atomic E-state index is 11.4. The van der Waals surface area contributed by atoms with E-state index in [0.29, 0.717) is 10.6 Å². The lowest BCUT2D eigenvalue weighted by Crippen LogP contribution is -2.17. The highest BCUT2D eigenvalue weighted by molar-refractivity contribution is 6.30. The Bertz CT molecular complexity index is 350. The van der Waals surface area contributed by atoms with Crippen LogP contribution in [0.5, 0.6) is 0 Å². The molecular weight excluding hydrogens is 200 g/mol. The lowest BCUT2D eigenvalue weighted by Gasteiger charge is -1.99. The van der Waals surface area contributed by atoms with Crippen molar-refractivity contribution in [3.8, 4) is 0 Å². The van der Waals surface area contributed by atoms with E-state index < -0.39 is 0 Å². The van der Waals surface area contributed by atoms with Crippen molar-refractivity contribution in [2.75, 3.05) is 0 Å². The second-order valence-corrected chi connectivity index (χ2v) is 3.11. The Hall–Kier alpha value is -1.35. The molecule has 0 atom stereocenters. The molecule has 0 saturated carbocycles. The minimum absolute atomic E-state index is 0.253. The molecule has 1 amide bonds. The molecule has 14 heavy (non-hydrogen) atoms. The number of amides is 1. The van der Waals surface area contributed by atoms with Crippen LogP contribution >= 0.6 is 11.6 Å². The smallest absolute Gasteiger partial charge is 0.267 e. The van der Waals surface area contributed by atoms with E-state index in [1.807, 2.05) is 6.92 Å². The molecule has 0 unspecified atom stereocenters. The van der Waals surface area contributed by atoms with Gasteiger partial charge in [-0.3, -0.25) is 4.79 Å².